The van der Waals surface area contributed by atoms with Crippen molar-refractivity contribution < 1.29 is 9.53 Å². The van der Waals surface area contributed by atoms with E-state index in [1.165, 1.54) is 0 Å². The topological polar surface area (TPSA) is 26.3 Å². The Morgan fingerprint density at radius 3 is 2.53 bits per heavy atom. The maximum atomic E-state index is 12.0. The van der Waals surface area contributed by atoms with E-state index in [1.54, 1.807) is 7.11 Å². The molecular formula is C16H15BrO2. The Balaban J connectivity index is 1.99. The normalized spacial score (nSPS) is 10.2. The van der Waals surface area contributed by atoms with E-state index in [9.17, 15) is 4.79 Å². The lowest BCUT2D eigenvalue weighted by Crippen LogP contribution is -2.01. The standard InChI is InChI=1S/C16H15BrO2/c1-19-16-10-8-12(11-14(16)17)7-9-15(18)13-5-3-2-4-6-13/h2-6,8,10-11H,7,9H2,1H3. The van der Waals surface area contributed by atoms with Crippen LogP contribution in [0.25, 0.3) is 0 Å². The van der Waals surface area contributed by atoms with Gasteiger partial charge in [-0.15, -0.1) is 0 Å². The minimum absolute atomic E-state index is 0.174. The largest absolute Gasteiger partial charge is 0.496 e. The van der Waals surface area contributed by atoms with Crippen LogP contribution in [0, 0.1) is 0 Å². The molecule has 2 nitrogen and oxygen atoms in total. The van der Waals surface area contributed by atoms with Crippen molar-refractivity contribution in [1.29, 1.82) is 0 Å². The molecule has 0 fully saturated rings. The molecule has 2 aromatic rings. The quantitative estimate of drug-likeness (QED) is 0.769. The summed E-state index contributed by atoms with van der Waals surface area (Å²) < 4.78 is 6.10. The van der Waals surface area contributed by atoms with E-state index in [2.05, 4.69) is 15.9 Å². The molecule has 0 saturated heterocycles. The molecule has 3 heteroatoms. The van der Waals surface area contributed by atoms with Crippen LogP contribution < -0.4 is 4.74 Å². The van der Waals surface area contributed by atoms with Gasteiger partial charge >= 0.3 is 0 Å². The summed E-state index contributed by atoms with van der Waals surface area (Å²) in [5, 5.41) is 0. The summed E-state index contributed by atoms with van der Waals surface area (Å²) in [5.74, 6) is 0.977. The Morgan fingerprint density at radius 2 is 1.89 bits per heavy atom. The van der Waals surface area contributed by atoms with Gasteiger partial charge in [-0.3, -0.25) is 4.79 Å². The fraction of sp³-hybridized carbons (Fsp3) is 0.188. The molecule has 0 aliphatic heterocycles. The first kappa shape index (κ1) is 13.8. The number of rotatable bonds is 5. The van der Waals surface area contributed by atoms with Gasteiger partial charge in [-0.25, -0.2) is 0 Å². The van der Waals surface area contributed by atoms with Gasteiger partial charge in [0.05, 0.1) is 11.6 Å². The lowest BCUT2D eigenvalue weighted by atomic mass is 10.0. The molecule has 0 aromatic heterocycles. The van der Waals surface area contributed by atoms with Crippen molar-refractivity contribution in [3.05, 3.63) is 64.1 Å². The number of hydrogen-bond acceptors (Lipinski definition) is 2. The molecule has 0 bridgehead atoms. The SMILES string of the molecule is COc1ccc(CCC(=O)c2ccccc2)cc1Br. The fourth-order valence-corrected chi connectivity index (χ4v) is 2.48. The highest BCUT2D eigenvalue weighted by atomic mass is 79.9. The summed E-state index contributed by atoms with van der Waals surface area (Å²) in [5.41, 5.74) is 1.90. The van der Waals surface area contributed by atoms with Crippen molar-refractivity contribution in [3.63, 3.8) is 0 Å². The van der Waals surface area contributed by atoms with E-state index in [0.29, 0.717) is 6.42 Å². The summed E-state index contributed by atoms with van der Waals surface area (Å²) in [6.45, 7) is 0. The number of carbonyl (C=O) groups excluding carboxylic acids is 1. The van der Waals surface area contributed by atoms with E-state index in [1.807, 2.05) is 48.5 Å². The van der Waals surface area contributed by atoms with Crippen molar-refractivity contribution >= 4 is 21.7 Å². The molecule has 0 aliphatic carbocycles. The first-order chi connectivity index (χ1) is 9.20. The zero-order chi connectivity index (χ0) is 13.7. The van der Waals surface area contributed by atoms with Crippen LogP contribution in [-0.2, 0) is 6.42 Å². The molecule has 2 aromatic carbocycles. The lowest BCUT2D eigenvalue weighted by molar-refractivity contribution is 0.0983. The van der Waals surface area contributed by atoms with Crippen molar-refractivity contribution in [2.45, 2.75) is 12.8 Å². The number of benzene rings is 2. The maximum absolute atomic E-state index is 12.0. The molecule has 98 valence electrons. The minimum Gasteiger partial charge on any atom is -0.496 e. The lowest BCUT2D eigenvalue weighted by Gasteiger charge is -2.06. The van der Waals surface area contributed by atoms with Crippen LogP contribution in [0.4, 0.5) is 0 Å². The van der Waals surface area contributed by atoms with Crippen LogP contribution >= 0.6 is 15.9 Å². The monoisotopic (exact) mass is 318 g/mol. The number of ketones is 1. The van der Waals surface area contributed by atoms with Gasteiger partial charge in [0.15, 0.2) is 5.78 Å². The van der Waals surface area contributed by atoms with Crippen LogP contribution in [0.3, 0.4) is 0 Å². The molecule has 0 amide bonds. The molecule has 19 heavy (non-hydrogen) atoms. The molecule has 0 atom stereocenters. The van der Waals surface area contributed by atoms with Crippen LogP contribution in [0.2, 0.25) is 0 Å². The Hall–Kier alpha value is -1.61. The summed E-state index contributed by atoms with van der Waals surface area (Å²) in [7, 11) is 1.64. The van der Waals surface area contributed by atoms with E-state index < -0.39 is 0 Å². The second-order valence-electron chi connectivity index (χ2n) is 4.26. The highest BCUT2D eigenvalue weighted by Gasteiger charge is 2.07. The van der Waals surface area contributed by atoms with Crippen molar-refractivity contribution in [1.82, 2.24) is 0 Å². The van der Waals surface area contributed by atoms with Gasteiger partial charge in [-0.2, -0.15) is 0 Å². The summed E-state index contributed by atoms with van der Waals surface area (Å²) in [4.78, 5) is 12.0. The van der Waals surface area contributed by atoms with Gasteiger partial charge in [0.25, 0.3) is 0 Å². The number of ether oxygens (including phenoxy) is 1. The van der Waals surface area contributed by atoms with Crippen molar-refractivity contribution in [2.75, 3.05) is 7.11 Å². The second-order valence-corrected chi connectivity index (χ2v) is 5.11. The Bertz CT molecular complexity index is 564. The number of halogens is 1. The molecule has 0 radical (unpaired) electrons. The van der Waals surface area contributed by atoms with Crippen molar-refractivity contribution in [3.8, 4) is 5.75 Å². The molecule has 0 heterocycles. The molecule has 2 rings (SSSR count). The number of Topliss-reactive ketones (excluding diaryl/α,β-unsaturated/α-hetero) is 1. The predicted octanol–water partition coefficient (Wildman–Crippen LogP) is 4.27. The smallest absolute Gasteiger partial charge is 0.163 e. The number of aryl methyl sites for hydroxylation is 1. The molecule has 0 unspecified atom stereocenters. The number of carbonyl (C=O) groups is 1. The van der Waals surface area contributed by atoms with E-state index in [-0.39, 0.29) is 5.78 Å². The first-order valence-corrected chi connectivity index (χ1v) is 6.90. The highest BCUT2D eigenvalue weighted by Crippen LogP contribution is 2.26. The highest BCUT2D eigenvalue weighted by molar-refractivity contribution is 9.10. The zero-order valence-electron chi connectivity index (χ0n) is 10.7. The third-order valence-corrected chi connectivity index (χ3v) is 3.57. The van der Waals surface area contributed by atoms with Gasteiger partial charge in [-0.1, -0.05) is 36.4 Å². The Kier molecular flexibility index (Phi) is 4.74. The molecular weight excluding hydrogens is 304 g/mol. The number of methoxy groups -OCH3 is 1. The first-order valence-electron chi connectivity index (χ1n) is 6.11. The summed E-state index contributed by atoms with van der Waals surface area (Å²) in [6, 6.07) is 15.3. The van der Waals surface area contributed by atoms with Crippen LogP contribution in [0.5, 0.6) is 5.75 Å². The third kappa shape index (κ3) is 3.67. The molecule has 0 spiro atoms. The average Bonchev–Trinajstić information content (AvgIpc) is 2.46. The van der Waals surface area contributed by atoms with E-state index in [0.717, 1.165) is 27.8 Å². The van der Waals surface area contributed by atoms with Crippen LogP contribution in [0.1, 0.15) is 22.3 Å². The van der Waals surface area contributed by atoms with Crippen LogP contribution in [-0.4, -0.2) is 12.9 Å². The number of hydrogen-bond donors (Lipinski definition) is 0. The summed E-state index contributed by atoms with van der Waals surface area (Å²) >= 11 is 3.45. The molecule has 0 N–H and O–H groups in total. The second kappa shape index (κ2) is 6.53. The van der Waals surface area contributed by atoms with Gasteiger partial charge in [0.1, 0.15) is 5.75 Å². The average molecular weight is 319 g/mol. The molecule has 0 aliphatic rings. The third-order valence-electron chi connectivity index (χ3n) is 2.95. The Morgan fingerprint density at radius 1 is 1.16 bits per heavy atom. The van der Waals surface area contributed by atoms with Gasteiger partial charge < -0.3 is 4.74 Å². The van der Waals surface area contributed by atoms with Gasteiger partial charge in [0, 0.05) is 12.0 Å². The van der Waals surface area contributed by atoms with Crippen LogP contribution in [0.15, 0.2) is 53.0 Å². The fourth-order valence-electron chi connectivity index (χ4n) is 1.89. The van der Waals surface area contributed by atoms with E-state index >= 15 is 0 Å². The maximum Gasteiger partial charge on any atom is 0.163 e. The van der Waals surface area contributed by atoms with Gasteiger partial charge in [0.2, 0.25) is 0 Å². The minimum atomic E-state index is 0.174. The predicted molar refractivity (Wildman–Crippen MR) is 79.8 cm³/mol. The van der Waals surface area contributed by atoms with Gasteiger partial charge in [-0.05, 0) is 40.0 Å². The Labute approximate surface area is 121 Å². The van der Waals surface area contributed by atoms with Crippen molar-refractivity contribution in [2.24, 2.45) is 0 Å². The zero-order valence-corrected chi connectivity index (χ0v) is 12.3. The van der Waals surface area contributed by atoms with E-state index in [4.69, 9.17) is 4.74 Å². The summed E-state index contributed by atoms with van der Waals surface area (Å²) in [6.07, 6.45) is 1.25. The molecule has 0 saturated carbocycles.